The number of alkyl halides is 1. The normalized spacial score (nSPS) is 19.1. The molecule has 0 atom stereocenters. The fourth-order valence-electron chi connectivity index (χ4n) is 3.01. The van der Waals surface area contributed by atoms with Crippen molar-refractivity contribution in [3.63, 3.8) is 0 Å². The highest BCUT2D eigenvalue weighted by Crippen LogP contribution is 2.40. The van der Waals surface area contributed by atoms with Crippen molar-refractivity contribution >= 4 is 21.9 Å². The molecule has 0 bridgehead atoms. The number of allylic oxidation sites excluding steroid dienone is 9. The van der Waals surface area contributed by atoms with Crippen LogP contribution in [0.25, 0.3) is 0 Å². The second-order valence-electron chi connectivity index (χ2n) is 7.30. The van der Waals surface area contributed by atoms with E-state index in [0.29, 0.717) is 6.61 Å². The summed E-state index contributed by atoms with van der Waals surface area (Å²) in [5.41, 5.74) is 5.58. The van der Waals surface area contributed by atoms with Gasteiger partial charge in [-0.1, -0.05) is 76.9 Å². The molecule has 0 amide bonds. The second-order valence-corrected chi connectivity index (χ2v) is 7.86. The number of halogens is 1. The highest BCUT2D eigenvalue weighted by molar-refractivity contribution is 9.09. The zero-order chi connectivity index (χ0) is 18.9. The van der Waals surface area contributed by atoms with Crippen LogP contribution in [0.4, 0.5) is 0 Å². The molecule has 0 aromatic carbocycles. The van der Waals surface area contributed by atoms with Crippen LogP contribution in [0.3, 0.4) is 0 Å². The van der Waals surface area contributed by atoms with E-state index in [9.17, 15) is 4.79 Å². The molecule has 0 unspecified atom stereocenters. The Morgan fingerprint density at radius 2 is 1.96 bits per heavy atom. The van der Waals surface area contributed by atoms with Crippen LogP contribution in [0.1, 0.15) is 53.9 Å². The molecule has 0 aliphatic heterocycles. The standard InChI is InChI=1S/C22H31BrO2/c1-17(8-6-9-18(2)13-15-25-21(24)16-23)11-12-20-19(3)10-7-14-22(20,4)5/h6,8-9,11-13H,7,10,14-16H2,1-5H3. The molecule has 0 aromatic heterocycles. The Morgan fingerprint density at radius 3 is 2.60 bits per heavy atom. The van der Waals surface area contributed by atoms with Crippen LogP contribution in [-0.2, 0) is 9.53 Å². The molecule has 0 aromatic rings. The molecule has 1 aliphatic rings. The fraction of sp³-hybridized carbons (Fsp3) is 0.500. The predicted molar refractivity (Wildman–Crippen MR) is 111 cm³/mol. The van der Waals surface area contributed by atoms with E-state index in [1.807, 2.05) is 25.2 Å². The van der Waals surface area contributed by atoms with Gasteiger partial charge >= 0.3 is 5.97 Å². The van der Waals surface area contributed by atoms with Crippen molar-refractivity contribution in [2.45, 2.75) is 53.9 Å². The Labute approximate surface area is 161 Å². The van der Waals surface area contributed by atoms with Crippen LogP contribution in [0, 0.1) is 5.41 Å². The lowest BCUT2D eigenvalue weighted by Crippen LogP contribution is -2.19. The van der Waals surface area contributed by atoms with Crippen LogP contribution < -0.4 is 0 Å². The predicted octanol–water partition coefficient (Wildman–Crippen LogP) is 6.46. The van der Waals surface area contributed by atoms with Crippen molar-refractivity contribution in [1.82, 2.24) is 0 Å². The van der Waals surface area contributed by atoms with Gasteiger partial charge in [0.1, 0.15) is 11.9 Å². The fourth-order valence-corrected chi connectivity index (χ4v) is 3.17. The van der Waals surface area contributed by atoms with Gasteiger partial charge < -0.3 is 4.74 Å². The summed E-state index contributed by atoms with van der Waals surface area (Å²) in [5, 5.41) is 0.233. The van der Waals surface area contributed by atoms with Gasteiger partial charge in [-0.15, -0.1) is 0 Å². The van der Waals surface area contributed by atoms with Crippen molar-refractivity contribution in [2.75, 3.05) is 11.9 Å². The Kier molecular flexibility index (Phi) is 9.20. The SMILES string of the molecule is CC(C=CC1=C(C)CCCC1(C)C)=CC=CC(C)=CCOC(=O)CBr. The van der Waals surface area contributed by atoms with Gasteiger partial charge in [0.2, 0.25) is 0 Å². The van der Waals surface area contributed by atoms with Gasteiger partial charge in [0, 0.05) is 0 Å². The molecule has 0 N–H and O–H groups in total. The Morgan fingerprint density at radius 1 is 1.24 bits per heavy atom. The van der Waals surface area contributed by atoms with Gasteiger partial charge in [-0.25, -0.2) is 0 Å². The van der Waals surface area contributed by atoms with Gasteiger partial charge in [0.25, 0.3) is 0 Å². The molecular weight excluding hydrogens is 376 g/mol. The lowest BCUT2D eigenvalue weighted by Gasteiger charge is -2.32. The summed E-state index contributed by atoms with van der Waals surface area (Å²) < 4.78 is 5.00. The minimum atomic E-state index is -0.246. The first-order valence-electron chi connectivity index (χ1n) is 8.88. The molecule has 3 heteroatoms. The second kappa shape index (κ2) is 10.6. The molecular formula is C22H31BrO2. The summed E-state index contributed by atoms with van der Waals surface area (Å²) in [4.78, 5) is 11.0. The van der Waals surface area contributed by atoms with Crippen LogP contribution in [-0.4, -0.2) is 17.9 Å². The third-order valence-corrected chi connectivity index (χ3v) is 4.99. The first-order valence-corrected chi connectivity index (χ1v) is 10.00. The van der Waals surface area contributed by atoms with Crippen LogP contribution in [0.2, 0.25) is 0 Å². The van der Waals surface area contributed by atoms with E-state index < -0.39 is 0 Å². The first kappa shape index (κ1) is 21.7. The summed E-state index contributed by atoms with van der Waals surface area (Å²) >= 11 is 3.07. The van der Waals surface area contributed by atoms with E-state index in [1.165, 1.54) is 36.0 Å². The number of rotatable bonds is 7. The molecule has 0 heterocycles. The number of hydrogen-bond acceptors (Lipinski definition) is 2. The maximum Gasteiger partial charge on any atom is 0.316 e. The van der Waals surface area contributed by atoms with Crippen LogP contribution >= 0.6 is 15.9 Å². The summed E-state index contributed by atoms with van der Waals surface area (Å²) in [6, 6.07) is 0. The van der Waals surface area contributed by atoms with Crippen LogP contribution in [0.5, 0.6) is 0 Å². The monoisotopic (exact) mass is 406 g/mol. The van der Waals surface area contributed by atoms with E-state index in [2.05, 4.69) is 61.9 Å². The van der Waals surface area contributed by atoms with Crippen molar-refractivity contribution in [1.29, 1.82) is 0 Å². The molecule has 0 fully saturated rings. The van der Waals surface area contributed by atoms with Gasteiger partial charge in [-0.3, -0.25) is 4.79 Å². The number of hydrogen-bond donors (Lipinski definition) is 0. The van der Waals surface area contributed by atoms with E-state index in [1.54, 1.807) is 0 Å². The van der Waals surface area contributed by atoms with Crippen molar-refractivity contribution in [3.8, 4) is 0 Å². The number of ether oxygens (including phenoxy) is 1. The zero-order valence-corrected chi connectivity index (χ0v) is 17.8. The molecule has 0 radical (unpaired) electrons. The lowest BCUT2D eigenvalue weighted by atomic mass is 9.72. The molecule has 138 valence electrons. The van der Waals surface area contributed by atoms with Gasteiger partial charge in [-0.2, -0.15) is 0 Å². The Hall–Kier alpha value is -1.35. The quantitative estimate of drug-likeness (QED) is 0.275. The molecule has 1 aliphatic carbocycles. The number of esters is 1. The van der Waals surface area contributed by atoms with Crippen molar-refractivity contribution in [2.24, 2.45) is 5.41 Å². The van der Waals surface area contributed by atoms with E-state index >= 15 is 0 Å². The van der Waals surface area contributed by atoms with Gasteiger partial charge in [0.15, 0.2) is 0 Å². The van der Waals surface area contributed by atoms with Gasteiger partial charge in [-0.05, 0) is 57.1 Å². The average molecular weight is 407 g/mol. The largest absolute Gasteiger partial charge is 0.461 e. The molecule has 0 saturated heterocycles. The third kappa shape index (κ3) is 8.04. The van der Waals surface area contributed by atoms with Crippen LogP contribution in [0.15, 0.2) is 58.7 Å². The van der Waals surface area contributed by atoms with Crippen molar-refractivity contribution < 1.29 is 9.53 Å². The molecule has 25 heavy (non-hydrogen) atoms. The van der Waals surface area contributed by atoms with Crippen molar-refractivity contribution in [3.05, 3.63) is 58.7 Å². The summed E-state index contributed by atoms with van der Waals surface area (Å²) in [5.74, 6) is -0.246. The van der Waals surface area contributed by atoms with Gasteiger partial charge in [0.05, 0.1) is 0 Å². The molecule has 1 rings (SSSR count). The highest BCUT2D eigenvalue weighted by atomic mass is 79.9. The minimum Gasteiger partial charge on any atom is -0.461 e. The molecule has 0 spiro atoms. The highest BCUT2D eigenvalue weighted by Gasteiger charge is 2.26. The third-order valence-electron chi connectivity index (χ3n) is 4.53. The number of carbonyl (C=O) groups is 1. The van der Waals surface area contributed by atoms with E-state index in [4.69, 9.17) is 4.74 Å². The average Bonchev–Trinajstić information content (AvgIpc) is 2.53. The molecule has 2 nitrogen and oxygen atoms in total. The van der Waals surface area contributed by atoms with E-state index in [-0.39, 0.29) is 16.7 Å². The topological polar surface area (TPSA) is 26.3 Å². The zero-order valence-electron chi connectivity index (χ0n) is 16.2. The molecule has 0 saturated carbocycles. The van der Waals surface area contributed by atoms with E-state index in [0.717, 1.165) is 5.57 Å². The maximum absolute atomic E-state index is 11.0. The maximum atomic E-state index is 11.0. The smallest absolute Gasteiger partial charge is 0.316 e. The summed E-state index contributed by atoms with van der Waals surface area (Å²) in [6.07, 6.45) is 16.3. The summed E-state index contributed by atoms with van der Waals surface area (Å²) in [7, 11) is 0. The Balaban J connectivity index is 2.63. The minimum absolute atomic E-state index is 0.233. The number of carbonyl (C=O) groups excluding carboxylic acids is 1. The summed E-state index contributed by atoms with van der Waals surface area (Å²) in [6.45, 7) is 11.4. The lowest BCUT2D eigenvalue weighted by molar-refractivity contribution is -0.139. The first-order chi connectivity index (χ1) is 11.8. The Bertz CT molecular complexity index is 616.